The zero-order valence-corrected chi connectivity index (χ0v) is 18.9. The van der Waals surface area contributed by atoms with Crippen molar-refractivity contribution in [2.24, 2.45) is 5.41 Å². The second kappa shape index (κ2) is 8.99. The van der Waals surface area contributed by atoms with E-state index in [0.29, 0.717) is 38.0 Å². The number of aromatic nitrogens is 2. The Bertz CT molecular complexity index is 1120. The van der Waals surface area contributed by atoms with Crippen LogP contribution in [0.1, 0.15) is 40.5 Å². The van der Waals surface area contributed by atoms with E-state index in [1.54, 1.807) is 11.1 Å². The van der Waals surface area contributed by atoms with Gasteiger partial charge >= 0.3 is 0 Å². The Labute approximate surface area is 189 Å². The van der Waals surface area contributed by atoms with E-state index in [-0.39, 0.29) is 11.8 Å². The number of amides is 2. The highest BCUT2D eigenvalue weighted by Gasteiger charge is 2.46. The van der Waals surface area contributed by atoms with Crippen molar-refractivity contribution >= 4 is 11.8 Å². The lowest BCUT2D eigenvalue weighted by atomic mass is 9.79. The highest BCUT2D eigenvalue weighted by Crippen LogP contribution is 2.36. The molecule has 1 aliphatic rings. The van der Waals surface area contributed by atoms with Crippen LogP contribution in [-0.2, 0) is 11.2 Å². The van der Waals surface area contributed by atoms with Gasteiger partial charge in [0.2, 0.25) is 5.91 Å². The summed E-state index contributed by atoms with van der Waals surface area (Å²) in [5.74, 6) is -0.0595. The molecule has 1 saturated heterocycles. The van der Waals surface area contributed by atoms with E-state index in [1.807, 2.05) is 19.9 Å². The molecule has 2 heterocycles. The molecule has 3 aromatic rings. The van der Waals surface area contributed by atoms with Crippen LogP contribution < -0.4 is 5.32 Å². The summed E-state index contributed by atoms with van der Waals surface area (Å²) in [7, 11) is 0. The summed E-state index contributed by atoms with van der Waals surface area (Å²) in [4.78, 5) is 28.1. The van der Waals surface area contributed by atoms with E-state index >= 15 is 0 Å². The summed E-state index contributed by atoms with van der Waals surface area (Å²) in [6, 6.07) is 16.8. The Hall–Kier alpha value is -3.41. The minimum absolute atomic E-state index is 0.0138. The third-order valence-corrected chi connectivity index (χ3v) is 6.37. The summed E-state index contributed by atoms with van der Waals surface area (Å²) in [5.41, 5.74) is 5.28. The van der Waals surface area contributed by atoms with Crippen LogP contribution in [0, 0.1) is 19.3 Å². The molecular formula is C26H30N4O2. The van der Waals surface area contributed by atoms with Gasteiger partial charge in [0.15, 0.2) is 0 Å². The molecule has 0 spiro atoms. The van der Waals surface area contributed by atoms with Gasteiger partial charge in [-0.25, -0.2) is 0 Å². The SMILES string of the molecule is CCNC(=O)C1(Cc2cccc(-c3ccc(C)cc3)c2)CCN(C(=O)c2cn[nH]c2C)C1. The first-order chi connectivity index (χ1) is 15.4. The highest BCUT2D eigenvalue weighted by molar-refractivity contribution is 5.96. The van der Waals surface area contributed by atoms with Crippen molar-refractivity contribution in [2.75, 3.05) is 19.6 Å². The van der Waals surface area contributed by atoms with Crippen LogP contribution in [0.5, 0.6) is 0 Å². The summed E-state index contributed by atoms with van der Waals surface area (Å²) >= 11 is 0. The first kappa shape index (κ1) is 21.8. The van der Waals surface area contributed by atoms with Gasteiger partial charge in [-0.15, -0.1) is 0 Å². The number of carbonyl (C=O) groups is 2. The summed E-state index contributed by atoms with van der Waals surface area (Å²) in [6.45, 7) is 7.36. The van der Waals surface area contributed by atoms with Crippen molar-refractivity contribution in [2.45, 2.75) is 33.6 Å². The van der Waals surface area contributed by atoms with Crippen molar-refractivity contribution in [3.8, 4) is 11.1 Å². The number of aryl methyl sites for hydroxylation is 2. The second-order valence-electron chi connectivity index (χ2n) is 8.77. The number of nitrogens with zero attached hydrogens (tertiary/aromatic N) is 2. The molecule has 1 aromatic heterocycles. The topological polar surface area (TPSA) is 78.1 Å². The van der Waals surface area contributed by atoms with Crippen LogP contribution in [-0.4, -0.2) is 46.5 Å². The van der Waals surface area contributed by atoms with Gasteiger partial charge in [0.25, 0.3) is 5.91 Å². The molecule has 0 aliphatic carbocycles. The fourth-order valence-corrected chi connectivity index (χ4v) is 4.54. The average Bonchev–Trinajstić information content (AvgIpc) is 3.41. The summed E-state index contributed by atoms with van der Waals surface area (Å²) in [5, 5.41) is 9.81. The summed E-state index contributed by atoms with van der Waals surface area (Å²) < 4.78 is 0. The number of carbonyl (C=O) groups excluding carboxylic acids is 2. The molecule has 2 N–H and O–H groups in total. The standard InChI is InChI=1S/C26H30N4O2/c1-4-27-25(32)26(12-13-30(17-26)24(31)23-16-28-29-19(23)3)15-20-6-5-7-22(14-20)21-10-8-18(2)9-11-21/h5-11,14,16H,4,12-13,15,17H2,1-3H3,(H,27,32)(H,28,29). The molecule has 1 atom stereocenters. The van der Waals surface area contributed by atoms with Gasteiger partial charge in [-0.3, -0.25) is 14.7 Å². The van der Waals surface area contributed by atoms with E-state index in [4.69, 9.17) is 0 Å². The highest BCUT2D eigenvalue weighted by atomic mass is 16.2. The molecule has 1 aliphatic heterocycles. The van der Waals surface area contributed by atoms with Gasteiger partial charge in [-0.05, 0) is 50.3 Å². The molecule has 6 heteroatoms. The van der Waals surface area contributed by atoms with E-state index in [0.717, 1.165) is 22.4 Å². The number of hydrogen-bond acceptors (Lipinski definition) is 3. The minimum atomic E-state index is -0.644. The van der Waals surface area contributed by atoms with Crippen molar-refractivity contribution in [3.63, 3.8) is 0 Å². The molecule has 32 heavy (non-hydrogen) atoms. The zero-order valence-electron chi connectivity index (χ0n) is 18.9. The normalized spacial score (nSPS) is 18.0. The van der Waals surface area contributed by atoms with Crippen molar-refractivity contribution in [1.29, 1.82) is 0 Å². The molecule has 4 rings (SSSR count). The maximum Gasteiger partial charge on any atom is 0.257 e. The van der Waals surface area contributed by atoms with Gasteiger partial charge in [0.1, 0.15) is 0 Å². The lowest BCUT2D eigenvalue weighted by Crippen LogP contribution is -2.45. The van der Waals surface area contributed by atoms with Gasteiger partial charge in [-0.1, -0.05) is 54.1 Å². The first-order valence-electron chi connectivity index (χ1n) is 11.2. The fourth-order valence-electron chi connectivity index (χ4n) is 4.54. The van der Waals surface area contributed by atoms with Crippen LogP contribution in [0.3, 0.4) is 0 Å². The predicted molar refractivity (Wildman–Crippen MR) is 125 cm³/mol. The molecule has 2 amide bonds. The monoisotopic (exact) mass is 430 g/mol. The number of benzene rings is 2. The Morgan fingerprint density at radius 1 is 1.12 bits per heavy atom. The van der Waals surface area contributed by atoms with Crippen LogP contribution in [0.25, 0.3) is 11.1 Å². The van der Waals surface area contributed by atoms with Crippen LogP contribution in [0.2, 0.25) is 0 Å². The van der Waals surface area contributed by atoms with E-state index in [1.165, 1.54) is 5.56 Å². The molecule has 166 valence electrons. The number of H-pyrrole nitrogens is 1. The molecular weight excluding hydrogens is 400 g/mol. The molecule has 1 unspecified atom stereocenters. The van der Waals surface area contributed by atoms with Crippen LogP contribution in [0.4, 0.5) is 0 Å². The van der Waals surface area contributed by atoms with Crippen molar-refractivity contribution in [1.82, 2.24) is 20.4 Å². The Kier molecular flexibility index (Phi) is 6.12. The summed E-state index contributed by atoms with van der Waals surface area (Å²) in [6.07, 6.45) is 2.79. The van der Waals surface area contributed by atoms with Crippen LogP contribution >= 0.6 is 0 Å². The molecule has 0 bridgehead atoms. The molecule has 2 aromatic carbocycles. The maximum absolute atomic E-state index is 13.2. The number of aromatic amines is 1. The first-order valence-corrected chi connectivity index (χ1v) is 11.2. The van der Waals surface area contributed by atoms with Crippen molar-refractivity contribution < 1.29 is 9.59 Å². The number of nitrogens with one attached hydrogen (secondary N) is 2. The minimum Gasteiger partial charge on any atom is -0.356 e. The van der Waals surface area contributed by atoms with Gasteiger partial charge in [-0.2, -0.15) is 5.10 Å². The lowest BCUT2D eigenvalue weighted by molar-refractivity contribution is -0.130. The number of likely N-dealkylation sites (tertiary alicyclic amines) is 1. The zero-order chi connectivity index (χ0) is 22.7. The van der Waals surface area contributed by atoms with E-state index in [2.05, 4.69) is 64.9 Å². The number of hydrogen-bond donors (Lipinski definition) is 2. The van der Waals surface area contributed by atoms with Gasteiger partial charge < -0.3 is 10.2 Å². The molecule has 1 fully saturated rings. The lowest BCUT2D eigenvalue weighted by Gasteiger charge is -2.28. The van der Waals surface area contributed by atoms with Crippen molar-refractivity contribution in [3.05, 3.63) is 77.1 Å². The Morgan fingerprint density at radius 3 is 2.59 bits per heavy atom. The Morgan fingerprint density at radius 2 is 1.91 bits per heavy atom. The quantitative estimate of drug-likeness (QED) is 0.623. The average molecular weight is 431 g/mol. The third-order valence-electron chi connectivity index (χ3n) is 6.37. The second-order valence-corrected chi connectivity index (χ2v) is 8.77. The van der Waals surface area contributed by atoms with Gasteiger partial charge in [0.05, 0.1) is 17.2 Å². The van der Waals surface area contributed by atoms with E-state index in [9.17, 15) is 9.59 Å². The maximum atomic E-state index is 13.2. The van der Waals surface area contributed by atoms with Crippen LogP contribution in [0.15, 0.2) is 54.7 Å². The largest absolute Gasteiger partial charge is 0.356 e. The fraction of sp³-hybridized carbons (Fsp3) is 0.346. The molecule has 0 radical (unpaired) electrons. The van der Waals surface area contributed by atoms with Gasteiger partial charge in [0, 0.05) is 25.3 Å². The third kappa shape index (κ3) is 4.31. The van der Waals surface area contributed by atoms with E-state index < -0.39 is 5.41 Å². The Balaban J connectivity index is 1.60. The molecule has 0 saturated carbocycles. The molecule has 6 nitrogen and oxygen atoms in total. The number of rotatable bonds is 6. The smallest absolute Gasteiger partial charge is 0.257 e. The predicted octanol–water partition coefficient (Wildman–Crippen LogP) is 3.90.